The number of imidazole rings is 1. The summed E-state index contributed by atoms with van der Waals surface area (Å²) < 4.78 is 0. The molecule has 2 aromatic rings. The van der Waals surface area contributed by atoms with Gasteiger partial charge in [0, 0.05) is 0 Å². The predicted molar refractivity (Wildman–Crippen MR) is 60.2 cm³/mol. The van der Waals surface area contributed by atoms with E-state index in [-0.39, 0.29) is 11.5 Å². The highest BCUT2D eigenvalue weighted by Gasteiger charge is 2.01. The van der Waals surface area contributed by atoms with Crippen LogP contribution in [0, 0.1) is 0 Å². The molecule has 0 spiro atoms. The molecule has 0 aliphatic carbocycles. The molecule has 0 radical (unpaired) electrons. The van der Waals surface area contributed by atoms with Gasteiger partial charge in [0.15, 0.2) is 11.2 Å². The number of H-pyrrole nitrogens is 2. The minimum atomic E-state index is -0.963. The number of anilines is 1. The second kappa shape index (κ2) is 5.07. The number of aliphatic carboxylic acids is 1. The molecular formula is C8H12N6O3. The van der Waals surface area contributed by atoms with E-state index >= 15 is 0 Å². The zero-order valence-electron chi connectivity index (χ0n) is 8.97. The lowest BCUT2D eigenvalue weighted by molar-refractivity contribution is -0.138. The van der Waals surface area contributed by atoms with Gasteiger partial charge in [-0.2, -0.15) is 4.98 Å². The number of nitrogens with zero attached hydrogens (tertiary/aromatic N) is 2. The largest absolute Gasteiger partial charge is 0.480 e. The normalized spacial score (nSPS) is 11.6. The Kier molecular flexibility index (Phi) is 3.78. The Bertz CT molecular complexity index is 572. The third-order valence-corrected chi connectivity index (χ3v) is 1.70. The van der Waals surface area contributed by atoms with E-state index in [0.29, 0.717) is 11.2 Å². The van der Waals surface area contributed by atoms with Gasteiger partial charge in [0.1, 0.15) is 6.04 Å². The van der Waals surface area contributed by atoms with Crippen LogP contribution in [0.25, 0.3) is 11.2 Å². The van der Waals surface area contributed by atoms with E-state index in [1.807, 2.05) is 0 Å². The van der Waals surface area contributed by atoms with Crippen molar-refractivity contribution in [1.29, 1.82) is 0 Å². The van der Waals surface area contributed by atoms with E-state index in [9.17, 15) is 9.59 Å². The summed E-state index contributed by atoms with van der Waals surface area (Å²) in [5, 5.41) is 7.87. The Morgan fingerprint density at radius 2 is 2.18 bits per heavy atom. The Morgan fingerprint density at radius 3 is 2.71 bits per heavy atom. The molecule has 0 saturated carbocycles. The van der Waals surface area contributed by atoms with E-state index in [2.05, 4.69) is 19.9 Å². The molecule has 0 bridgehead atoms. The smallest absolute Gasteiger partial charge is 0.320 e. The lowest BCUT2D eigenvalue weighted by Crippen LogP contribution is -2.25. The summed E-state index contributed by atoms with van der Waals surface area (Å²) in [5.41, 5.74) is 10.5. The minimum absolute atomic E-state index is 0.0783. The van der Waals surface area contributed by atoms with Gasteiger partial charge in [-0.05, 0) is 6.92 Å². The fourth-order valence-electron chi connectivity index (χ4n) is 0.860. The minimum Gasteiger partial charge on any atom is -0.480 e. The van der Waals surface area contributed by atoms with Crippen LogP contribution in [0.4, 0.5) is 5.95 Å². The number of aromatic amines is 2. The summed E-state index contributed by atoms with van der Waals surface area (Å²) >= 11 is 0. The topological polar surface area (TPSA) is 164 Å². The number of carboxylic acids is 1. The van der Waals surface area contributed by atoms with Crippen molar-refractivity contribution in [2.75, 3.05) is 5.73 Å². The molecule has 0 aliphatic rings. The Morgan fingerprint density at radius 1 is 1.59 bits per heavy atom. The number of nitrogen functional groups attached to an aromatic ring is 1. The molecule has 0 aliphatic heterocycles. The standard InChI is InChI=1S/C5H5N5O.C3H7NO2/c6-5-9-3-2(4(11)10-5)7-1-8-3;1-2(4)3(5)6/h1H,(H4,6,7,8,9,10,11);2H,4H2,1H3,(H,5,6)/t;2-/m.0/s1. The van der Waals surface area contributed by atoms with Gasteiger partial charge in [0.05, 0.1) is 6.33 Å². The summed E-state index contributed by atoms with van der Waals surface area (Å²) in [5.74, 6) is -0.885. The van der Waals surface area contributed by atoms with Crippen LogP contribution in [0.5, 0.6) is 0 Å². The molecule has 0 aromatic carbocycles. The summed E-state index contributed by atoms with van der Waals surface area (Å²) in [6.07, 6.45) is 1.40. The molecule has 2 heterocycles. The van der Waals surface area contributed by atoms with Gasteiger partial charge in [-0.1, -0.05) is 0 Å². The average molecular weight is 240 g/mol. The highest BCUT2D eigenvalue weighted by Crippen LogP contribution is 1.98. The number of hydrogen-bond acceptors (Lipinski definition) is 6. The number of fused-ring (bicyclic) bond motifs is 1. The first-order valence-corrected chi connectivity index (χ1v) is 4.59. The number of rotatable bonds is 1. The van der Waals surface area contributed by atoms with Gasteiger partial charge >= 0.3 is 5.97 Å². The first-order valence-electron chi connectivity index (χ1n) is 4.59. The molecule has 2 aromatic heterocycles. The maximum Gasteiger partial charge on any atom is 0.320 e. The molecule has 7 N–H and O–H groups in total. The van der Waals surface area contributed by atoms with Crippen LogP contribution in [-0.4, -0.2) is 37.1 Å². The van der Waals surface area contributed by atoms with Crippen LogP contribution in [0.2, 0.25) is 0 Å². The third kappa shape index (κ3) is 3.28. The van der Waals surface area contributed by atoms with Crippen LogP contribution < -0.4 is 17.0 Å². The fraction of sp³-hybridized carbons (Fsp3) is 0.250. The van der Waals surface area contributed by atoms with Crippen molar-refractivity contribution < 1.29 is 9.90 Å². The van der Waals surface area contributed by atoms with Gasteiger partial charge in [0.25, 0.3) is 5.56 Å². The van der Waals surface area contributed by atoms with E-state index < -0.39 is 12.0 Å². The SMILES string of the molecule is C[C@H](N)C(=O)O.Nc1nc2nc[nH]c2c(=O)[nH]1. The molecular weight excluding hydrogens is 228 g/mol. The summed E-state index contributed by atoms with van der Waals surface area (Å²) in [6.45, 7) is 1.42. The quantitative estimate of drug-likeness (QED) is 0.411. The number of nitrogens with two attached hydrogens (primary N) is 2. The number of hydrogen-bond donors (Lipinski definition) is 5. The first kappa shape index (κ1) is 12.6. The van der Waals surface area contributed by atoms with Crippen molar-refractivity contribution in [2.45, 2.75) is 13.0 Å². The molecule has 2 rings (SSSR count). The average Bonchev–Trinajstić information content (AvgIpc) is 2.66. The fourth-order valence-corrected chi connectivity index (χ4v) is 0.860. The Labute approximate surface area is 94.9 Å². The van der Waals surface area contributed by atoms with Crippen molar-refractivity contribution in [2.24, 2.45) is 5.73 Å². The van der Waals surface area contributed by atoms with E-state index in [0.717, 1.165) is 0 Å². The van der Waals surface area contributed by atoms with Gasteiger partial charge in [-0.25, -0.2) is 4.98 Å². The first-order chi connectivity index (χ1) is 7.91. The second-order valence-corrected chi connectivity index (χ2v) is 3.18. The molecule has 1 atom stereocenters. The van der Waals surface area contributed by atoms with Gasteiger partial charge in [-0.3, -0.25) is 14.6 Å². The molecule has 17 heavy (non-hydrogen) atoms. The summed E-state index contributed by atoms with van der Waals surface area (Å²) in [4.78, 5) is 33.1. The van der Waals surface area contributed by atoms with Crippen molar-refractivity contribution in [3.8, 4) is 0 Å². The summed E-state index contributed by atoms with van der Waals surface area (Å²) in [6, 6.07) is -0.731. The second-order valence-electron chi connectivity index (χ2n) is 3.18. The zero-order chi connectivity index (χ0) is 13.0. The molecule has 92 valence electrons. The number of carboxylic acid groups (broad SMARTS) is 1. The van der Waals surface area contributed by atoms with Crippen molar-refractivity contribution >= 4 is 23.1 Å². The number of aromatic nitrogens is 4. The van der Waals surface area contributed by atoms with Gasteiger partial charge < -0.3 is 21.6 Å². The Hall–Kier alpha value is -2.42. The Balaban J connectivity index is 0.000000209. The van der Waals surface area contributed by atoms with Crippen molar-refractivity contribution in [3.05, 3.63) is 16.7 Å². The van der Waals surface area contributed by atoms with Crippen molar-refractivity contribution in [3.63, 3.8) is 0 Å². The predicted octanol–water partition coefficient (Wildman–Crippen LogP) is -1.35. The molecule has 0 fully saturated rings. The zero-order valence-corrected chi connectivity index (χ0v) is 8.97. The molecule has 0 saturated heterocycles. The van der Waals surface area contributed by atoms with Crippen molar-refractivity contribution in [1.82, 2.24) is 19.9 Å². The number of carbonyl (C=O) groups is 1. The number of nitrogens with one attached hydrogen (secondary N) is 2. The van der Waals surface area contributed by atoms with E-state index in [4.69, 9.17) is 16.6 Å². The molecule has 9 heteroatoms. The third-order valence-electron chi connectivity index (χ3n) is 1.70. The monoisotopic (exact) mass is 240 g/mol. The van der Waals surface area contributed by atoms with Crippen LogP contribution in [0.1, 0.15) is 6.92 Å². The van der Waals surface area contributed by atoms with E-state index in [1.54, 1.807) is 0 Å². The maximum atomic E-state index is 11.0. The van der Waals surface area contributed by atoms with Crippen LogP contribution >= 0.6 is 0 Å². The maximum absolute atomic E-state index is 11.0. The molecule has 0 unspecified atom stereocenters. The lowest BCUT2D eigenvalue weighted by atomic mass is 10.4. The van der Waals surface area contributed by atoms with Gasteiger partial charge in [-0.15, -0.1) is 0 Å². The lowest BCUT2D eigenvalue weighted by Gasteiger charge is -1.90. The highest BCUT2D eigenvalue weighted by molar-refractivity contribution is 5.72. The van der Waals surface area contributed by atoms with Crippen LogP contribution in [-0.2, 0) is 4.79 Å². The highest BCUT2D eigenvalue weighted by atomic mass is 16.4. The van der Waals surface area contributed by atoms with Crippen LogP contribution in [0.15, 0.2) is 11.1 Å². The van der Waals surface area contributed by atoms with Gasteiger partial charge in [0.2, 0.25) is 5.95 Å². The molecule has 0 amide bonds. The molecule has 9 nitrogen and oxygen atoms in total. The van der Waals surface area contributed by atoms with E-state index in [1.165, 1.54) is 13.3 Å². The van der Waals surface area contributed by atoms with Crippen LogP contribution in [0.3, 0.4) is 0 Å². The summed E-state index contributed by atoms with van der Waals surface area (Å²) in [7, 11) is 0.